The average molecular weight is 565 g/mol. The lowest BCUT2D eigenvalue weighted by molar-refractivity contribution is -0.143. The van der Waals surface area contributed by atoms with Crippen molar-refractivity contribution in [2.24, 2.45) is 0 Å². The molecule has 1 heterocycles. The standard InChI is InChI=1S/C26H27ClF6N2O3/c1-14(2)38-24(37)34-7-5-6-22(20-8-15(3)21(27)12-23(20)34)35(16(4)36)13-17-9-18(25(28,29)30)11-19(10-17)26(31,32)33/h8-12,14,22H,5-7,13H2,1-4H3/t22-/m1/s1. The number of ether oxygens (including phenoxy) is 1. The van der Waals surface area contributed by atoms with Crippen LogP contribution in [-0.2, 0) is 28.4 Å². The van der Waals surface area contributed by atoms with Gasteiger partial charge in [-0.2, -0.15) is 26.3 Å². The van der Waals surface area contributed by atoms with E-state index in [-0.39, 0.29) is 18.2 Å². The lowest BCUT2D eigenvalue weighted by Gasteiger charge is -2.33. The Balaban J connectivity index is 2.12. The fourth-order valence-corrected chi connectivity index (χ4v) is 4.60. The van der Waals surface area contributed by atoms with Gasteiger partial charge in [0, 0.05) is 25.0 Å². The summed E-state index contributed by atoms with van der Waals surface area (Å²) in [6, 6.07) is 3.75. The lowest BCUT2D eigenvalue weighted by atomic mass is 9.96. The Morgan fingerprint density at radius 3 is 2.13 bits per heavy atom. The highest BCUT2D eigenvalue weighted by Crippen LogP contribution is 2.42. The molecule has 2 amide bonds. The zero-order chi connectivity index (χ0) is 28.6. The quantitative estimate of drug-likeness (QED) is 0.354. The first kappa shape index (κ1) is 29.6. The molecule has 1 atom stereocenters. The predicted molar refractivity (Wildman–Crippen MR) is 130 cm³/mol. The van der Waals surface area contributed by atoms with E-state index in [1.807, 2.05) is 0 Å². The molecule has 12 heteroatoms. The summed E-state index contributed by atoms with van der Waals surface area (Å²) in [4.78, 5) is 28.2. The minimum absolute atomic E-state index is 0.0477. The van der Waals surface area contributed by atoms with Gasteiger partial charge >= 0.3 is 18.4 Å². The number of fused-ring (bicyclic) bond motifs is 1. The molecule has 0 unspecified atom stereocenters. The fraction of sp³-hybridized carbons (Fsp3) is 0.462. The summed E-state index contributed by atoms with van der Waals surface area (Å²) in [5.41, 5.74) is -1.77. The van der Waals surface area contributed by atoms with E-state index in [4.69, 9.17) is 16.3 Å². The molecule has 0 saturated carbocycles. The third-order valence-corrected chi connectivity index (χ3v) is 6.56. The molecule has 0 aliphatic carbocycles. The van der Waals surface area contributed by atoms with Crippen molar-refractivity contribution in [3.05, 3.63) is 63.2 Å². The van der Waals surface area contributed by atoms with Crippen molar-refractivity contribution in [2.45, 2.75) is 71.6 Å². The topological polar surface area (TPSA) is 49.9 Å². The lowest BCUT2D eigenvalue weighted by Crippen LogP contribution is -2.35. The van der Waals surface area contributed by atoms with Gasteiger partial charge in [-0.05, 0) is 74.6 Å². The molecule has 0 fully saturated rings. The molecule has 0 spiro atoms. The van der Waals surface area contributed by atoms with Gasteiger partial charge in [-0.15, -0.1) is 0 Å². The molecular weight excluding hydrogens is 538 g/mol. The smallest absolute Gasteiger partial charge is 0.416 e. The monoisotopic (exact) mass is 564 g/mol. The maximum absolute atomic E-state index is 13.4. The van der Waals surface area contributed by atoms with E-state index in [0.29, 0.717) is 46.8 Å². The van der Waals surface area contributed by atoms with Crippen LogP contribution in [0.15, 0.2) is 30.3 Å². The number of amides is 2. The Kier molecular flexibility index (Phi) is 8.60. The zero-order valence-electron chi connectivity index (χ0n) is 21.1. The van der Waals surface area contributed by atoms with Gasteiger partial charge in [-0.1, -0.05) is 17.7 Å². The number of rotatable bonds is 4. The van der Waals surface area contributed by atoms with Gasteiger partial charge in [0.05, 0.1) is 29.0 Å². The van der Waals surface area contributed by atoms with Crippen molar-refractivity contribution in [3.8, 4) is 0 Å². The van der Waals surface area contributed by atoms with E-state index in [9.17, 15) is 35.9 Å². The number of alkyl halides is 6. The second kappa shape index (κ2) is 11.0. The van der Waals surface area contributed by atoms with E-state index in [1.54, 1.807) is 32.9 Å². The van der Waals surface area contributed by atoms with Gasteiger partial charge in [-0.3, -0.25) is 9.69 Å². The number of halogens is 7. The van der Waals surface area contributed by atoms with Crippen LogP contribution in [0, 0.1) is 6.92 Å². The number of benzene rings is 2. The minimum Gasteiger partial charge on any atom is -0.446 e. The van der Waals surface area contributed by atoms with Crippen LogP contribution in [0.5, 0.6) is 0 Å². The Bertz CT molecular complexity index is 1180. The third-order valence-electron chi connectivity index (χ3n) is 6.15. The summed E-state index contributed by atoms with van der Waals surface area (Å²) >= 11 is 6.34. The van der Waals surface area contributed by atoms with Crippen LogP contribution in [0.25, 0.3) is 0 Å². The maximum atomic E-state index is 13.4. The largest absolute Gasteiger partial charge is 0.446 e. The summed E-state index contributed by atoms with van der Waals surface area (Å²) < 4.78 is 85.9. The van der Waals surface area contributed by atoms with Crippen molar-refractivity contribution >= 4 is 29.3 Å². The molecule has 0 saturated heterocycles. The molecule has 0 bridgehead atoms. The molecule has 5 nitrogen and oxygen atoms in total. The molecule has 0 aromatic heterocycles. The zero-order valence-corrected chi connectivity index (χ0v) is 21.9. The normalized spacial score (nSPS) is 16.2. The summed E-state index contributed by atoms with van der Waals surface area (Å²) in [5.74, 6) is -0.558. The minimum atomic E-state index is -5.02. The number of aryl methyl sites for hydroxylation is 1. The molecule has 1 aliphatic heterocycles. The molecule has 38 heavy (non-hydrogen) atoms. The first-order valence-corrected chi connectivity index (χ1v) is 12.2. The van der Waals surface area contributed by atoms with Crippen LogP contribution in [0.1, 0.15) is 67.5 Å². The van der Waals surface area contributed by atoms with Gasteiger partial charge in [0.15, 0.2) is 0 Å². The van der Waals surface area contributed by atoms with Crippen LogP contribution in [-0.4, -0.2) is 29.5 Å². The molecule has 2 aromatic rings. The maximum Gasteiger partial charge on any atom is 0.416 e. The van der Waals surface area contributed by atoms with Crippen molar-refractivity contribution in [1.29, 1.82) is 0 Å². The van der Waals surface area contributed by atoms with E-state index < -0.39 is 54.2 Å². The van der Waals surface area contributed by atoms with Crippen LogP contribution < -0.4 is 4.90 Å². The number of carbonyl (C=O) groups excluding carboxylic acids is 2. The fourth-order valence-electron chi connectivity index (χ4n) is 4.44. The second-order valence-corrected chi connectivity index (χ2v) is 9.87. The van der Waals surface area contributed by atoms with Gasteiger partial charge in [0.25, 0.3) is 0 Å². The van der Waals surface area contributed by atoms with Crippen molar-refractivity contribution in [3.63, 3.8) is 0 Å². The first-order valence-electron chi connectivity index (χ1n) is 11.8. The highest BCUT2D eigenvalue weighted by molar-refractivity contribution is 6.31. The molecule has 0 radical (unpaired) electrons. The van der Waals surface area contributed by atoms with E-state index in [1.165, 1.54) is 16.7 Å². The molecule has 208 valence electrons. The second-order valence-electron chi connectivity index (χ2n) is 9.46. The molecule has 1 aliphatic rings. The summed E-state index contributed by atoms with van der Waals surface area (Å²) in [6.07, 6.45) is -10.4. The van der Waals surface area contributed by atoms with E-state index in [2.05, 4.69) is 0 Å². The Morgan fingerprint density at radius 2 is 1.63 bits per heavy atom. The predicted octanol–water partition coefficient (Wildman–Crippen LogP) is 7.92. The van der Waals surface area contributed by atoms with Crippen LogP contribution in [0.4, 0.5) is 36.8 Å². The number of nitrogens with zero attached hydrogens (tertiary/aromatic N) is 2. The summed E-state index contributed by atoms with van der Waals surface area (Å²) in [5, 5.41) is 0.341. The summed E-state index contributed by atoms with van der Waals surface area (Å²) in [7, 11) is 0. The van der Waals surface area contributed by atoms with Crippen LogP contribution in [0.3, 0.4) is 0 Å². The van der Waals surface area contributed by atoms with Gasteiger partial charge < -0.3 is 9.64 Å². The van der Waals surface area contributed by atoms with E-state index in [0.717, 1.165) is 0 Å². The van der Waals surface area contributed by atoms with Crippen molar-refractivity contribution < 1.29 is 40.7 Å². The molecular formula is C26H27ClF6N2O3. The van der Waals surface area contributed by atoms with Gasteiger partial charge in [0.2, 0.25) is 5.91 Å². The molecule has 3 rings (SSSR count). The van der Waals surface area contributed by atoms with Crippen LogP contribution >= 0.6 is 11.6 Å². The number of hydrogen-bond donors (Lipinski definition) is 0. The summed E-state index contributed by atoms with van der Waals surface area (Å²) in [6.45, 7) is 5.97. The Morgan fingerprint density at radius 1 is 1.05 bits per heavy atom. The van der Waals surface area contributed by atoms with E-state index >= 15 is 0 Å². The van der Waals surface area contributed by atoms with Crippen molar-refractivity contribution in [2.75, 3.05) is 11.4 Å². The Labute approximate surface area is 221 Å². The Hall–Kier alpha value is -2.95. The number of hydrogen-bond acceptors (Lipinski definition) is 3. The van der Waals surface area contributed by atoms with Gasteiger partial charge in [0.1, 0.15) is 0 Å². The average Bonchev–Trinajstić information content (AvgIpc) is 2.95. The number of carbonyl (C=O) groups is 2. The third kappa shape index (κ3) is 6.73. The van der Waals surface area contributed by atoms with Crippen LogP contribution in [0.2, 0.25) is 5.02 Å². The molecule has 0 N–H and O–H groups in total. The number of anilines is 1. The van der Waals surface area contributed by atoms with Crippen molar-refractivity contribution in [1.82, 2.24) is 4.90 Å². The SMILES string of the molecule is CC(=O)N(Cc1cc(C(F)(F)F)cc(C(F)(F)F)c1)[C@@H]1CCCN(C(=O)OC(C)C)c2cc(Cl)c(C)cc21. The first-order chi connectivity index (χ1) is 17.5. The molecule has 2 aromatic carbocycles. The highest BCUT2D eigenvalue weighted by Gasteiger charge is 2.38. The highest BCUT2D eigenvalue weighted by atomic mass is 35.5. The van der Waals surface area contributed by atoms with Gasteiger partial charge in [-0.25, -0.2) is 4.79 Å².